The predicted octanol–water partition coefficient (Wildman–Crippen LogP) is 7.73. The largest absolute Gasteiger partial charge is 0.135 e. The third-order valence-electron chi connectivity index (χ3n) is 4.43. The minimum atomic E-state index is 1.21. The number of allylic oxidation sites excluding steroid dienone is 5. The van der Waals surface area contributed by atoms with Crippen molar-refractivity contribution in [1.29, 1.82) is 0 Å². The summed E-state index contributed by atoms with van der Waals surface area (Å²) in [7, 11) is 0. The minimum Gasteiger partial charge on any atom is -0.135 e. The highest BCUT2D eigenvalue weighted by Gasteiger charge is 2.04. The number of benzene rings is 3. The van der Waals surface area contributed by atoms with Crippen molar-refractivity contribution in [3.8, 4) is 0 Å². The van der Waals surface area contributed by atoms with Crippen LogP contribution in [0.2, 0.25) is 0 Å². The van der Waals surface area contributed by atoms with Crippen LogP contribution in [0.1, 0.15) is 18.1 Å². The summed E-state index contributed by atoms with van der Waals surface area (Å²) in [4.78, 5) is 0. The van der Waals surface area contributed by atoms with Gasteiger partial charge in [0, 0.05) is 20.2 Å². The van der Waals surface area contributed by atoms with Crippen LogP contribution >= 0.6 is 11.3 Å². The van der Waals surface area contributed by atoms with Crippen molar-refractivity contribution in [3.05, 3.63) is 108 Å². The van der Waals surface area contributed by atoms with E-state index in [1.807, 2.05) is 18.3 Å². The normalized spacial score (nSPS) is 12.7. The Morgan fingerprint density at radius 1 is 0.808 bits per heavy atom. The lowest BCUT2D eigenvalue weighted by atomic mass is 10.0. The minimum absolute atomic E-state index is 1.21. The van der Waals surface area contributed by atoms with Crippen LogP contribution in [0.3, 0.4) is 0 Å². The van der Waals surface area contributed by atoms with E-state index >= 15 is 0 Å². The molecule has 0 N–H and O–H groups in total. The van der Waals surface area contributed by atoms with Gasteiger partial charge in [-0.15, -0.1) is 11.3 Å². The van der Waals surface area contributed by atoms with Crippen molar-refractivity contribution >= 4 is 43.2 Å². The molecule has 0 saturated carbocycles. The van der Waals surface area contributed by atoms with Gasteiger partial charge in [-0.05, 0) is 41.8 Å². The molecule has 1 heteroatoms. The van der Waals surface area contributed by atoms with E-state index < -0.39 is 0 Å². The van der Waals surface area contributed by atoms with Gasteiger partial charge in [0.1, 0.15) is 0 Å². The molecule has 0 atom stereocenters. The highest BCUT2D eigenvalue weighted by atomic mass is 32.1. The van der Waals surface area contributed by atoms with Crippen molar-refractivity contribution in [1.82, 2.24) is 0 Å². The van der Waals surface area contributed by atoms with Crippen LogP contribution in [0.4, 0.5) is 0 Å². The number of rotatable bonds is 4. The van der Waals surface area contributed by atoms with Crippen LogP contribution in [0.5, 0.6) is 0 Å². The number of hydrogen-bond donors (Lipinski definition) is 0. The Labute approximate surface area is 158 Å². The van der Waals surface area contributed by atoms with Crippen LogP contribution in [-0.4, -0.2) is 0 Å². The van der Waals surface area contributed by atoms with Crippen molar-refractivity contribution in [3.63, 3.8) is 0 Å². The summed E-state index contributed by atoms with van der Waals surface area (Å²) in [6.07, 6.45) is 10.7. The average Bonchev–Trinajstić information content (AvgIpc) is 3.07. The average molecular weight is 353 g/mol. The fourth-order valence-corrected chi connectivity index (χ4v) is 4.20. The third-order valence-corrected chi connectivity index (χ3v) is 5.58. The van der Waals surface area contributed by atoms with E-state index in [0.29, 0.717) is 0 Å². The molecule has 0 bridgehead atoms. The molecular weight excluding hydrogens is 332 g/mol. The predicted molar refractivity (Wildman–Crippen MR) is 118 cm³/mol. The summed E-state index contributed by atoms with van der Waals surface area (Å²) < 4.78 is 2.69. The Bertz CT molecular complexity index is 1120. The van der Waals surface area contributed by atoms with Gasteiger partial charge in [-0.3, -0.25) is 0 Å². The van der Waals surface area contributed by atoms with Gasteiger partial charge in [0.2, 0.25) is 0 Å². The SMILES string of the molecule is C/C=C/C=C(\C=C/c1ccc2sc3ccccc3c2c1)c1ccccc1. The second kappa shape index (κ2) is 7.55. The van der Waals surface area contributed by atoms with E-state index in [1.54, 1.807) is 0 Å². The molecule has 0 aliphatic rings. The highest BCUT2D eigenvalue weighted by Crippen LogP contribution is 2.34. The molecule has 0 radical (unpaired) electrons. The first-order valence-corrected chi connectivity index (χ1v) is 9.64. The van der Waals surface area contributed by atoms with Gasteiger partial charge in [-0.25, -0.2) is 0 Å². The second-order valence-electron chi connectivity index (χ2n) is 6.20. The molecule has 1 aromatic heterocycles. The van der Waals surface area contributed by atoms with E-state index in [9.17, 15) is 0 Å². The van der Waals surface area contributed by atoms with Crippen LogP contribution in [0.25, 0.3) is 31.8 Å². The van der Waals surface area contributed by atoms with Crippen molar-refractivity contribution in [2.45, 2.75) is 6.92 Å². The molecule has 0 nitrogen and oxygen atoms in total. The van der Waals surface area contributed by atoms with Crippen LogP contribution in [-0.2, 0) is 0 Å². The molecule has 0 saturated heterocycles. The zero-order chi connectivity index (χ0) is 17.8. The molecule has 26 heavy (non-hydrogen) atoms. The third kappa shape index (κ3) is 3.40. The van der Waals surface area contributed by atoms with Gasteiger partial charge < -0.3 is 0 Å². The van der Waals surface area contributed by atoms with Gasteiger partial charge in [0.25, 0.3) is 0 Å². The molecular formula is C25H20S. The topological polar surface area (TPSA) is 0 Å². The molecule has 0 fully saturated rings. The summed E-state index contributed by atoms with van der Waals surface area (Å²) in [5.74, 6) is 0. The lowest BCUT2D eigenvalue weighted by Crippen LogP contribution is -1.80. The van der Waals surface area contributed by atoms with Gasteiger partial charge in [0.05, 0.1) is 0 Å². The summed E-state index contributed by atoms with van der Waals surface area (Å²) >= 11 is 1.86. The van der Waals surface area contributed by atoms with Crippen molar-refractivity contribution < 1.29 is 0 Å². The molecule has 0 aliphatic carbocycles. The molecule has 1 heterocycles. The Morgan fingerprint density at radius 2 is 1.58 bits per heavy atom. The number of fused-ring (bicyclic) bond motifs is 3. The maximum Gasteiger partial charge on any atom is 0.0355 e. The Morgan fingerprint density at radius 3 is 2.42 bits per heavy atom. The zero-order valence-corrected chi connectivity index (χ0v) is 15.5. The van der Waals surface area contributed by atoms with Crippen molar-refractivity contribution in [2.75, 3.05) is 0 Å². The molecule has 0 spiro atoms. The van der Waals surface area contributed by atoms with Gasteiger partial charge in [-0.1, -0.05) is 85.0 Å². The lowest BCUT2D eigenvalue weighted by molar-refractivity contribution is 1.61. The lowest BCUT2D eigenvalue weighted by Gasteiger charge is -2.02. The van der Waals surface area contributed by atoms with E-state index in [-0.39, 0.29) is 0 Å². The summed E-state index contributed by atoms with van der Waals surface area (Å²) in [6.45, 7) is 2.04. The van der Waals surface area contributed by atoms with Crippen LogP contribution in [0.15, 0.2) is 97.1 Å². The smallest absolute Gasteiger partial charge is 0.0355 e. The maximum absolute atomic E-state index is 2.29. The number of thiophene rings is 1. The van der Waals surface area contributed by atoms with Crippen LogP contribution < -0.4 is 0 Å². The zero-order valence-electron chi connectivity index (χ0n) is 14.7. The van der Waals surface area contributed by atoms with E-state index in [4.69, 9.17) is 0 Å². The first-order valence-electron chi connectivity index (χ1n) is 8.83. The molecule has 4 rings (SSSR count). The highest BCUT2D eigenvalue weighted by molar-refractivity contribution is 7.25. The van der Waals surface area contributed by atoms with E-state index in [2.05, 4.69) is 103 Å². The Kier molecular flexibility index (Phi) is 4.81. The van der Waals surface area contributed by atoms with E-state index in [1.165, 1.54) is 36.9 Å². The second-order valence-corrected chi connectivity index (χ2v) is 7.28. The maximum atomic E-state index is 2.29. The molecule has 126 valence electrons. The summed E-state index contributed by atoms with van der Waals surface area (Å²) in [5, 5.41) is 2.68. The molecule has 3 aromatic carbocycles. The fraction of sp³-hybridized carbons (Fsp3) is 0.0400. The quantitative estimate of drug-likeness (QED) is 0.330. The van der Waals surface area contributed by atoms with Crippen LogP contribution in [0, 0.1) is 0 Å². The monoisotopic (exact) mass is 352 g/mol. The molecule has 0 unspecified atom stereocenters. The van der Waals surface area contributed by atoms with Gasteiger partial charge in [-0.2, -0.15) is 0 Å². The summed E-state index contributed by atoms with van der Waals surface area (Å²) in [5.41, 5.74) is 3.66. The molecule has 0 aliphatic heterocycles. The van der Waals surface area contributed by atoms with Gasteiger partial charge in [0.15, 0.2) is 0 Å². The number of hydrogen-bond acceptors (Lipinski definition) is 1. The Balaban J connectivity index is 1.73. The standard InChI is InChI=1S/C25H20S/c1-2-3-9-21(20-10-5-4-6-11-20)16-14-19-15-17-25-23(18-19)22-12-7-8-13-24(22)26-25/h2-18H,1H3/b3-2+,16-14-,21-9+. The first-order chi connectivity index (χ1) is 12.8. The first kappa shape index (κ1) is 16.6. The fourth-order valence-electron chi connectivity index (χ4n) is 3.11. The molecule has 4 aromatic rings. The Hall–Kier alpha value is -2.90. The van der Waals surface area contributed by atoms with E-state index in [0.717, 1.165) is 0 Å². The van der Waals surface area contributed by atoms with Crippen molar-refractivity contribution in [2.24, 2.45) is 0 Å². The molecule has 0 amide bonds. The summed E-state index contributed by atoms with van der Waals surface area (Å²) in [6, 6.07) is 25.9. The van der Waals surface area contributed by atoms with Gasteiger partial charge >= 0.3 is 0 Å².